The molecule has 0 aliphatic carbocycles. The lowest BCUT2D eigenvalue weighted by Gasteiger charge is -2.43. The molecule has 1 N–H and O–H groups in total. The zero-order valence-corrected chi connectivity index (χ0v) is 11.6. The number of nitrogens with one attached hydrogen (secondary N) is 1. The van der Waals surface area contributed by atoms with Crippen LogP contribution in [0, 0.1) is 11.6 Å². The molecule has 0 saturated carbocycles. The van der Waals surface area contributed by atoms with Crippen molar-refractivity contribution < 1.29 is 8.78 Å². The van der Waals surface area contributed by atoms with Crippen molar-refractivity contribution in [2.24, 2.45) is 0 Å². The van der Waals surface area contributed by atoms with E-state index in [4.69, 9.17) is 11.6 Å². The van der Waals surface area contributed by atoms with Gasteiger partial charge in [0.25, 0.3) is 0 Å². The molecule has 0 unspecified atom stereocenters. The fraction of sp³-hybridized carbons (Fsp3) is 0.250. The summed E-state index contributed by atoms with van der Waals surface area (Å²) < 4.78 is 27.0. The molecule has 1 aliphatic heterocycles. The zero-order valence-electron chi connectivity index (χ0n) is 10.8. The van der Waals surface area contributed by atoms with E-state index in [1.807, 2.05) is 0 Å². The maximum absolute atomic E-state index is 14.0. The molecule has 0 aromatic heterocycles. The number of rotatable bonds is 3. The summed E-state index contributed by atoms with van der Waals surface area (Å²) in [4.78, 5) is 0. The lowest BCUT2D eigenvalue weighted by atomic mass is 9.71. The van der Waals surface area contributed by atoms with Gasteiger partial charge in [-0.15, -0.1) is 0 Å². The average Bonchev–Trinajstić information content (AvgIpc) is 2.38. The first-order valence-corrected chi connectivity index (χ1v) is 6.88. The second-order valence-corrected chi connectivity index (χ2v) is 5.67. The first-order chi connectivity index (χ1) is 9.61. The quantitative estimate of drug-likeness (QED) is 0.910. The molecule has 2 aromatic carbocycles. The Balaban J connectivity index is 1.96. The Bertz CT molecular complexity index is 601. The van der Waals surface area contributed by atoms with Crippen molar-refractivity contribution in [3.05, 3.63) is 70.2 Å². The molecule has 0 spiro atoms. The molecule has 2 aromatic rings. The van der Waals surface area contributed by atoms with Gasteiger partial charge in [0, 0.05) is 29.1 Å². The largest absolute Gasteiger partial charge is 0.315 e. The topological polar surface area (TPSA) is 12.0 Å². The van der Waals surface area contributed by atoms with Crippen LogP contribution in [0.2, 0.25) is 5.02 Å². The van der Waals surface area contributed by atoms with Crippen LogP contribution in [0.1, 0.15) is 11.1 Å². The molecule has 20 heavy (non-hydrogen) atoms. The first-order valence-electron chi connectivity index (χ1n) is 6.50. The Morgan fingerprint density at radius 1 is 1.05 bits per heavy atom. The molecule has 0 radical (unpaired) electrons. The van der Waals surface area contributed by atoms with Gasteiger partial charge in [-0.2, -0.15) is 0 Å². The minimum atomic E-state index is -0.286. The van der Waals surface area contributed by atoms with Crippen molar-refractivity contribution in [3.63, 3.8) is 0 Å². The maximum Gasteiger partial charge on any atom is 0.127 e. The summed E-state index contributed by atoms with van der Waals surface area (Å²) in [5, 5.41) is 3.66. The van der Waals surface area contributed by atoms with Crippen molar-refractivity contribution in [3.8, 4) is 0 Å². The highest BCUT2D eigenvalue weighted by molar-refractivity contribution is 6.31. The molecule has 3 rings (SSSR count). The number of hydrogen-bond donors (Lipinski definition) is 1. The Kier molecular flexibility index (Phi) is 3.48. The number of halogens is 3. The third kappa shape index (κ3) is 2.32. The van der Waals surface area contributed by atoms with Crippen LogP contribution in [0.5, 0.6) is 0 Å². The predicted molar refractivity (Wildman–Crippen MR) is 76.1 cm³/mol. The van der Waals surface area contributed by atoms with Crippen LogP contribution in [-0.2, 0) is 11.8 Å². The molecule has 1 fully saturated rings. The van der Waals surface area contributed by atoms with Gasteiger partial charge in [0.15, 0.2) is 0 Å². The summed E-state index contributed by atoms with van der Waals surface area (Å²) in [7, 11) is 0. The second kappa shape index (κ2) is 5.15. The third-order valence-electron chi connectivity index (χ3n) is 3.96. The summed E-state index contributed by atoms with van der Waals surface area (Å²) in [5.41, 5.74) is 1.33. The van der Waals surface area contributed by atoms with Crippen LogP contribution in [-0.4, -0.2) is 13.1 Å². The highest BCUT2D eigenvalue weighted by Gasteiger charge is 2.39. The normalized spacial score (nSPS) is 16.8. The Morgan fingerprint density at radius 3 is 2.30 bits per heavy atom. The van der Waals surface area contributed by atoms with E-state index in [1.165, 1.54) is 18.2 Å². The van der Waals surface area contributed by atoms with E-state index in [-0.39, 0.29) is 17.0 Å². The lowest BCUT2D eigenvalue weighted by molar-refractivity contribution is 0.272. The minimum Gasteiger partial charge on any atom is -0.315 e. The van der Waals surface area contributed by atoms with Gasteiger partial charge in [0.05, 0.1) is 0 Å². The van der Waals surface area contributed by atoms with Crippen molar-refractivity contribution in [2.75, 3.05) is 13.1 Å². The van der Waals surface area contributed by atoms with Crippen LogP contribution < -0.4 is 5.32 Å². The molecule has 1 nitrogen and oxygen atoms in total. The molecule has 0 atom stereocenters. The summed E-state index contributed by atoms with van der Waals surface area (Å²) in [6.45, 7) is 1.48. The van der Waals surface area contributed by atoms with Crippen molar-refractivity contribution in [2.45, 2.75) is 11.8 Å². The van der Waals surface area contributed by atoms with Gasteiger partial charge in [-0.1, -0.05) is 29.8 Å². The highest BCUT2D eigenvalue weighted by Crippen LogP contribution is 2.35. The molecule has 0 bridgehead atoms. The van der Waals surface area contributed by atoms with E-state index < -0.39 is 0 Å². The van der Waals surface area contributed by atoms with Crippen molar-refractivity contribution in [1.82, 2.24) is 5.32 Å². The third-order valence-corrected chi connectivity index (χ3v) is 4.31. The Hall–Kier alpha value is -1.45. The summed E-state index contributed by atoms with van der Waals surface area (Å²) in [6, 6.07) is 11.1. The van der Waals surface area contributed by atoms with Gasteiger partial charge >= 0.3 is 0 Å². The minimum absolute atomic E-state index is 0.209. The SMILES string of the molecule is Fc1ccc(C2(Cc3c(F)cccc3Cl)CNC2)cc1. The van der Waals surface area contributed by atoms with Gasteiger partial charge in [-0.25, -0.2) is 8.78 Å². The smallest absolute Gasteiger partial charge is 0.127 e. The summed E-state index contributed by atoms with van der Waals surface area (Å²) in [6.07, 6.45) is 0.511. The zero-order chi connectivity index (χ0) is 14.2. The lowest BCUT2D eigenvalue weighted by Crippen LogP contribution is -2.58. The van der Waals surface area contributed by atoms with Crippen molar-refractivity contribution >= 4 is 11.6 Å². The van der Waals surface area contributed by atoms with E-state index >= 15 is 0 Å². The molecule has 1 saturated heterocycles. The van der Waals surface area contributed by atoms with E-state index in [9.17, 15) is 8.78 Å². The molecule has 1 heterocycles. The monoisotopic (exact) mass is 293 g/mol. The highest BCUT2D eigenvalue weighted by atomic mass is 35.5. The predicted octanol–water partition coefficient (Wildman–Crippen LogP) is 3.70. The molecule has 104 valence electrons. The van der Waals surface area contributed by atoms with Crippen LogP contribution in [0.15, 0.2) is 42.5 Å². The average molecular weight is 294 g/mol. The molecule has 1 aliphatic rings. The van der Waals surface area contributed by atoms with E-state index in [0.717, 1.165) is 18.7 Å². The van der Waals surface area contributed by atoms with Crippen LogP contribution in [0.25, 0.3) is 0 Å². The molecular formula is C16H14ClF2N. The van der Waals surface area contributed by atoms with Gasteiger partial charge < -0.3 is 5.32 Å². The van der Waals surface area contributed by atoms with Gasteiger partial charge in [-0.3, -0.25) is 0 Å². The summed E-state index contributed by atoms with van der Waals surface area (Å²) in [5.74, 6) is -0.550. The molecular weight excluding hydrogens is 280 g/mol. The fourth-order valence-corrected chi connectivity index (χ4v) is 2.93. The van der Waals surface area contributed by atoms with Gasteiger partial charge in [-0.05, 0) is 36.2 Å². The van der Waals surface area contributed by atoms with Crippen LogP contribution >= 0.6 is 11.6 Å². The van der Waals surface area contributed by atoms with Gasteiger partial charge in [0.2, 0.25) is 0 Å². The van der Waals surface area contributed by atoms with Crippen LogP contribution in [0.4, 0.5) is 8.78 Å². The second-order valence-electron chi connectivity index (χ2n) is 5.27. The Labute approximate surface area is 121 Å². The molecule has 0 amide bonds. The van der Waals surface area contributed by atoms with Crippen molar-refractivity contribution in [1.29, 1.82) is 0 Å². The molecule has 4 heteroatoms. The van der Waals surface area contributed by atoms with Gasteiger partial charge in [0.1, 0.15) is 11.6 Å². The Morgan fingerprint density at radius 2 is 1.75 bits per heavy atom. The fourth-order valence-electron chi connectivity index (χ4n) is 2.70. The first kappa shape index (κ1) is 13.5. The van der Waals surface area contributed by atoms with E-state index in [1.54, 1.807) is 24.3 Å². The van der Waals surface area contributed by atoms with E-state index in [0.29, 0.717) is 17.0 Å². The van der Waals surface area contributed by atoms with E-state index in [2.05, 4.69) is 5.32 Å². The standard InChI is InChI=1S/C16H14ClF2N/c17-14-2-1-3-15(19)13(14)8-16(9-20-10-16)11-4-6-12(18)7-5-11/h1-7,20H,8-10H2. The number of benzene rings is 2. The number of hydrogen-bond acceptors (Lipinski definition) is 1. The maximum atomic E-state index is 14.0. The van der Waals surface area contributed by atoms with Crippen LogP contribution in [0.3, 0.4) is 0 Å². The summed E-state index contributed by atoms with van der Waals surface area (Å²) >= 11 is 6.11.